The number of likely N-dealkylation sites (tertiary alicyclic amines) is 1. The first-order chi connectivity index (χ1) is 20.2. The molecule has 12 nitrogen and oxygen atoms in total. The molecule has 0 radical (unpaired) electrons. The number of rotatable bonds is 11. The predicted molar refractivity (Wildman–Crippen MR) is 157 cm³/mol. The normalized spacial score (nSPS) is 16.3. The van der Waals surface area contributed by atoms with E-state index in [1.807, 2.05) is 44.2 Å². The van der Waals surface area contributed by atoms with Crippen molar-refractivity contribution in [2.24, 2.45) is 16.8 Å². The number of carbonyl (C=O) groups excluding carboxylic acids is 3. The molecule has 0 saturated carbocycles. The van der Waals surface area contributed by atoms with Crippen LogP contribution in [0.1, 0.15) is 57.6 Å². The van der Waals surface area contributed by atoms with Crippen molar-refractivity contribution in [3.63, 3.8) is 0 Å². The lowest BCUT2D eigenvalue weighted by Gasteiger charge is -2.32. The van der Waals surface area contributed by atoms with Gasteiger partial charge in [0.2, 0.25) is 17.8 Å². The van der Waals surface area contributed by atoms with E-state index in [4.69, 9.17) is 4.74 Å². The molecule has 2 aromatic rings. The first-order valence-electron chi connectivity index (χ1n) is 14.6. The number of carbonyl (C=O) groups is 4. The Morgan fingerprint density at radius 3 is 2.62 bits per heavy atom. The van der Waals surface area contributed by atoms with Crippen LogP contribution in [0.3, 0.4) is 0 Å². The highest BCUT2D eigenvalue weighted by molar-refractivity contribution is 5.95. The minimum atomic E-state index is -1.01. The van der Waals surface area contributed by atoms with Gasteiger partial charge in [0.15, 0.2) is 0 Å². The quantitative estimate of drug-likeness (QED) is 0.343. The summed E-state index contributed by atoms with van der Waals surface area (Å²) in [6, 6.07) is 8.71. The van der Waals surface area contributed by atoms with Crippen LogP contribution in [0.25, 0.3) is 10.9 Å². The van der Waals surface area contributed by atoms with Gasteiger partial charge in [-0.15, -0.1) is 0 Å². The summed E-state index contributed by atoms with van der Waals surface area (Å²) in [6.07, 6.45) is 2.88. The largest absolute Gasteiger partial charge is 0.481 e. The standard InChI is InChI=1S/C30H40N6O6/c1-20(2)19-42-30(41)36-15-12-32-29(36)31-11-5-8-26(37)35-13-9-21(10-14-35)28(40)34-25(17-27(38)39)23-16-22-6-3-4-7-24(22)33-18-23/h3-4,6-7,16,18,20-21,25H,5,8-15,17,19H2,1-2H3,(H,31,32)(H,34,40)(H,38,39). The van der Waals surface area contributed by atoms with Crippen LogP contribution in [-0.2, 0) is 19.1 Å². The molecule has 1 fully saturated rings. The number of carboxylic acids is 1. The number of nitrogens with one attached hydrogen (secondary N) is 2. The number of nitrogens with zero attached hydrogens (tertiary/aromatic N) is 4. The molecule has 1 atom stereocenters. The molecule has 3 N–H and O–H groups in total. The highest BCUT2D eigenvalue weighted by Gasteiger charge is 2.30. The van der Waals surface area contributed by atoms with E-state index in [0.717, 1.165) is 10.9 Å². The van der Waals surface area contributed by atoms with Crippen molar-refractivity contribution < 1.29 is 29.0 Å². The van der Waals surface area contributed by atoms with Gasteiger partial charge in [-0.3, -0.25) is 24.4 Å². The Labute approximate surface area is 245 Å². The summed E-state index contributed by atoms with van der Waals surface area (Å²) in [6.45, 7) is 6.70. The number of fused-ring (bicyclic) bond motifs is 1. The summed E-state index contributed by atoms with van der Waals surface area (Å²) >= 11 is 0. The minimum Gasteiger partial charge on any atom is -0.481 e. The van der Waals surface area contributed by atoms with Crippen molar-refractivity contribution in [3.05, 3.63) is 42.1 Å². The number of hydrogen-bond donors (Lipinski definition) is 3. The second kappa shape index (κ2) is 14.6. The zero-order chi connectivity index (χ0) is 30.1. The molecule has 0 bridgehead atoms. The number of piperidine rings is 1. The number of amides is 3. The maximum Gasteiger partial charge on any atom is 0.416 e. The zero-order valence-corrected chi connectivity index (χ0v) is 24.3. The minimum absolute atomic E-state index is 0.0169. The van der Waals surface area contributed by atoms with Crippen LogP contribution >= 0.6 is 0 Å². The molecule has 1 saturated heterocycles. The van der Waals surface area contributed by atoms with Crippen LogP contribution in [0.2, 0.25) is 0 Å². The summed E-state index contributed by atoms with van der Waals surface area (Å²) in [5.74, 6) is -0.784. The topological polar surface area (TPSA) is 154 Å². The highest BCUT2D eigenvalue weighted by Crippen LogP contribution is 2.24. The second-order valence-electron chi connectivity index (χ2n) is 11.1. The second-order valence-corrected chi connectivity index (χ2v) is 11.1. The number of aromatic nitrogens is 1. The molecule has 1 aromatic carbocycles. The van der Waals surface area contributed by atoms with Crippen LogP contribution in [0.15, 0.2) is 41.5 Å². The van der Waals surface area contributed by atoms with E-state index < -0.39 is 18.1 Å². The van der Waals surface area contributed by atoms with Crippen molar-refractivity contribution in [1.82, 2.24) is 25.4 Å². The Bertz CT molecular complexity index is 1310. The molecule has 2 aliphatic heterocycles. The molecular weight excluding hydrogens is 540 g/mol. The number of ether oxygens (including phenoxy) is 1. The fourth-order valence-corrected chi connectivity index (χ4v) is 5.08. The molecule has 4 rings (SSSR count). The average Bonchev–Trinajstić information content (AvgIpc) is 3.46. The molecule has 12 heteroatoms. The Morgan fingerprint density at radius 1 is 1.12 bits per heavy atom. The maximum absolute atomic E-state index is 13.1. The van der Waals surface area contributed by atoms with Gasteiger partial charge in [0.1, 0.15) is 0 Å². The maximum atomic E-state index is 13.1. The van der Waals surface area contributed by atoms with Gasteiger partial charge in [0.25, 0.3) is 0 Å². The molecular formula is C30H40N6O6. The van der Waals surface area contributed by atoms with Gasteiger partial charge < -0.3 is 25.4 Å². The van der Waals surface area contributed by atoms with Crippen LogP contribution in [-0.4, -0.2) is 89.1 Å². The van der Waals surface area contributed by atoms with E-state index in [1.54, 1.807) is 11.1 Å². The smallest absolute Gasteiger partial charge is 0.416 e. The molecule has 2 aliphatic rings. The third kappa shape index (κ3) is 8.40. The number of pyridine rings is 1. The lowest BCUT2D eigenvalue weighted by molar-refractivity contribution is -0.139. The van der Waals surface area contributed by atoms with Gasteiger partial charge in [0.05, 0.1) is 37.7 Å². The van der Waals surface area contributed by atoms with Crippen LogP contribution in [0, 0.1) is 11.8 Å². The van der Waals surface area contributed by atoms with Crippen LogP contribution < -0.4 is 10.6 Å². The van der Waals surface area contributed by atoms with Crippen LogP contribution in [0.5, 0.6) is 0 Å². The average molecular weight is 581 g/mol. The van der Waals surface area contributed by atoms with E-state index in [2.05, 4.69) is 20.6 Å². The van der Waals surface area contributed by atoms with Gasteiger partial charge >= 0.3 is 12.1 Å². The van der Waals surface area contributed by atoms with Crippen molar-refractivity contribution in [2.45, 2.75) is 52.0 Å². The summed E-state index contributed by atoms with van der Waals surface area (Å²) in [7, 11) is 0. The van der Waals surface area contributed by atoms with E-state index in [1.165, 1.54) is 4.90 Å². The third-order valence-corrected chi connectivity index (χ3v) is 7.38. The van der Waals surface area contributed by atoms with Crippen molar-refractivity contribution in [3.8, 4) is 0 Å². The number of hydrogen-bond acceptors (Lipinski definition) is 8. The predicted octanol–water partition coefficient (Wildman–Crippen LogP) is 2.94. The van der Waals surface area contributed by atoms with Crippen molar-refractivity contribution >= 4 is 40.7 Å². The van der Waals surface area contributed by atoms with Gasteiger partial charge in [-0.1, -0.05) is 32.0 Å². The molecule has 3 amide bonds. The monoisotopic (exact) mass is 580 g/mol. The molecule has 0 spiro atoms. The van der Waals surface area contributed by atoms with Crippen molar-refractivity contribution in [1.29, 1.82) is 0 Å². The summed E-state index contributed by atoms with van der Waals surface area (Å²) < 4.78 is 5.29. The molecule has 42 heavy (non-hydrogen) atoms. The number of aliphatic imine (C=N–C) groups is 1. The molecule has 226 valence electrons. The Morgan fingerprint density at radius 2 is 1.88 bits per heavy atom. The van der Waals surface area contributed by atoms with Gasteiger partial charge in [-0.25, -0.2) is 9.69 Å². The first-order valence-corrected chi connectivity index (χ1v) is 14.6. The molecule has 1 aromatic heterocycles. The van der Waals surface area contributed by atoms with Gasteiger partial charge in [-0.05, 0) is 42.9 Å². The number of benzene rings is 1. The van der Waals surface area contributed by atoms with E-state index in [0.29, 0.717) is 76.5 Å². The Hall–Kier alpha value is -4.22. The Kier molecular flexibility index (Phi) is 10.7. The third-order valence-electron chi connectivity index (χ3n) is 7.38. The SMILES string of the molecule is CC(C)COC(=O)N1CCN=C1NCCCC(=O)N1CCC(C(=O)NC(CC(=O)O)c2cnc3ccccc3c2)CC1. The number of para-hydroxylation sites is 1. The molecule has 3 heterocycles. The number of aliphatic carboxylic acids is 1. The lowest BCUT2D eigenvalue weighted by atomic mass is 9.94. The van der Waals surface area contributed by atoms with E-state index >= 15 is 0 Å². The summed E-state index contributed by atoms with van der Waals surface area (Å²) in [4.78, 5) is 61.7. The molecule has 1 unspecified atom stereocenters. The van der Waals surface area contributed by atoms with Gasteiger partial charge in [0, 0.05) is 43.6 Å². The highest BCUT2D eigenvalue weighted by atomic mass is 16.6. The summed E-state index contributed by atoms with van der Waals surface area (Å²) in [5, 5.41) is 16.4. The van der Waals surface area contributed by atoms with E-state index in [-0.39, 0.29) is 30.1 Å². The fourth-order valence-electron chi connectivity index (χ4n) is 5.08. The van der Waals surface area contributed by atoms with Crippen LogP contribution in [0.4, 0.5) is 4.79 Å². The molecule has 0 aliphatic carbocycles. The fraction of sp³-hybridized carbons (Fsp3) is 0.533. The number of carboxylic acid groups (broad SMARTS) is 1. The first kappa shape index (κ1) is 30.7. The van der Waals surface area contributed by atoms with Gasteiger partial charge in [-0.2, -0.15) is 0 Å². The Balaban J connectivity index is 1.20. The van der Waals surface area contributed by atoms with Crippen molar-refractivity contribution in [2.75, 3.05) is 39.3 Å². The van der Waals surface area contributed by atoms with E-state index in [9.17, 15) is 24.3 Å². The zero-order valence-electron chi connectivity index (χ0n) is 24.3. The number of guanidine groups is 1. The summed E-state index contributed by atoms with van der Waals surface area (Å²) in [5.41, 5.74) is 1.44. The lowest BCUT2D eigenvalue weighted by Crippen LogP contribution is -2.44.